The van der Waals surface area contributed by atoms with Gasteiger partial charge in [-0.1, -0.05) is 6.07 Å². The first-order valence-corrected chi connectivity index (χ1v) is 6.75. The third kappa shape index (κ3) is 2.27. The van der Waals surface area contributed by atoms with E-state index in [2.05, 4.69) is 4.98 Å². The molecule has 1 aromatic rings. The molecule has 0 radical (unpaired) electrons. The van der Waals surface area contributed by atoms with E-state index < -0.39 is 47.7 Å². The lowest BCUT2D eigenvalue weighted by molar-refractivity contribution is -0.476. The summed E-state index contributed by atoms with van der Waals surface area (Å²) in [5.41, 5.74) is -6.84. The summed E-state index contributed by atoms with van der Waals surface area (Å²) >= 11 is 0. The molecule has 1 aromatic heterocycles. The fourth-order valence-corrected chi connectivity index (χ4v) is 2.31. The number of carbonyl (C=O) groups is 1. The maximum atomic E-state index is 14.3. The van der Waals surface area contributed by atoms with Gasteiger partial charge >= 0.3 is 35.3 Å². The van der Waals surface area contributed by atoms with Gasteiger partial charge in [0.05, 0.1) is 0 Å². The summed E-state index contributed by atoms with van der Waals surface area (Å²) in [4.78, 5) is 15.0. The molecule has 3 nitrogen and oxygen atoms in total. The molecular weight excluding hydrogens is 409 g/mol. The van der Waals surface area contributed by atoms with E-state index in [0.29, 0.717) is 0 Å². The summed E-state index contributed by atoms with van der Waals surface area (Å²) in [7, 11) is 0. The number of nitrogens with zero attached hydrogens (tertiary/aromatic N) is 1. The lowest BCUT2D eigenvalue weighted by Crippen LogP contribution is -2.86. The first-order valence-electron chi connectivity index (χ1n) is 6.75. The summed E-state index contributed by atoms with van der Waals surface area (Å²) in [6.07, 6.45) is 2.06. The van der Waals surface area contributed by atoms with Crippen molar-refractivity contribution in [1.29, 1.82) is 0 Å². The Balaban J connectivity index is 2.55. The Morgan fingerprint density at radius 3 is 1.67 bits per heavy atom. The minimum absolute atomic E-state index is 0.152. The van der Waals surface area contributed by atoms with Crippen molar-refractivity contribution in [3.63, 3.8) is 0 Å². The summed E-state index contributed by atoms with van der Waals surface area (Å²) in [5, 5.41) is 0.998. The lowest BCUT2D eigenvalue weighted by Gasteiger charge is -2.51. The number of pyridine rings is 1. The molecule has 1 fully saturated rings. The molecule has 1 amide bonds. The minimum Gasteiger partial charge on any atom is -0.349 e. The van der Waals surface area contributed by atoms with Crippen LogP contribution in [0.4, 0.5) is 48.3 Å². The van der Waals surface area contributed by atoms with E-state index in [1.54, 1.807) is 0 Å². The van der Waals surface area contributed by atoms with Crippen LogP contribution < -0.4 is 5.32 Å². The Kier molecular flexibility index (Phi) is 4.44. The number of hydrogen-bond acceptors (Lipinski definition) is 2. The Morgan fingerprint density at radius 1 is 0.815 bits per heavy atom. The Hall–Kier alpha value is -2.15. The number of aromatic nitrogens is 1. The van der Waals surface area contributed by atoms with Gasteiger partial charge in [-0.2, -0.15) is 43.9 Å². The second-order valence-electron chi connectivity index (χ2n) is 5.57. The fraction of sp³-hybridized carbons (Fsp3) is 0.538. The number of hydrogen-bond donors (Lipinski definition) is 1. The molecule has 152 valence electrons. The van der Waals surface area contributed by atoms with Gasteiger partial charge in [0.15, 0.2) is 0 Å². The molecule has 2 rings (SSSR count). The molecule has 0 bridgehead atoms. The van der Waals surface area contributed by atoms with E-state index in [1.165, 1.54) is 6.07 Å². The molecule has 1 aliphatic rings. The van der Waals surface area contributed by atoms with Gasteiger partial charge in [0.2, 0.25) is 0 Å². The van der Waals surface area contributed by atoms with Gasteiger partial charge in [-0.05, 0) is 11.6 Å². The second-order valence-corrected chi connectivity index (χ2v) is 5.57. The lowest BCUT2D eigenvalue weighted by atomic mass is 9.71. The molecule has 1 saturated carbocycles. The highest BCUT2D eigenvalue weighted by Crippen LogP contribution is 2.69. The van der Waals surface area contributed by atoms with Crippen LogP contribution in [-0.4, -0.2) is 46.2 Å². The SMILES string of the molecule is O=C(NCc1cccnc1)C1(F)C(F)(F)C(F)(F)C(F)(F)C(F)(F)C1(F)F. The number of rotatable bonds is 3. The van der Waals surface area contributed by atoms with Gasteiger partial charge in [-0.15, -0.1) is 0 Å². The van der Waals surface area contributed by atoms with Crippen LogP contribution in [0.1, 0.15) is 5.56 Å². The van der Waals surface area contributed by atoms with Gasteiger partial charge in [-0.3, -0.25) is 9.78 Å². The number of nitrogens with one attached hydrogen (secondary N) is 1. The average molecular weight is 416 g/mol. The average Bonchev–Trinajstić information content (AvgIpc) is 2.57. The van der Waals surface area contributed by atoms with Crippen LogP contribution in [0.25, 0.3) is 0 Å². The van der Waals surface area contributed by atoms with Crippen molar-refractivity contribution in [1.82, 2.24) is 10.3 Å². The molecule has 14 heteroatoms. The summed E-state index contributed by atoms with van der Waals surface area (Å²) in [6.45, 7) is -1.07. The maximum absolute atomic E-state index is 14.3. The number of carbonyl (C=O) groups excluding carboxylic acids is 1. The van der Waals surface area contributed by atoms with Gasteiger partial charge in [0.1, 0.15) is 0 Å². The van der Waals surface area contributed by atoms with E-state index >= 15 is 0 Å². The Labute approximate surface area is 142 Å². The zero-order chi connectivity index (χ0) is 21.1. The van der Waals surface area contributed by atoms with Gasteiger partial charge in [-0.25, -0.2) is 4.39 Å². The van der Waals surface area contributed by atoms with Crippen molar-refractivity contribution in [2.45, 2.75) is 41.8 Å². The third-order valence-electron chi connectivity index (χ3n) is 3.93. The van der Waals surface area contributed by atoms with Gasteiger partial charge in [0.25, 0.3) is 5.91 Å². The van der Waals surface area contributed by atoms with Gasteiger partial charge in [0, 0.05) is 18.9 Å². The van der Waals surface area contributed by atoms with Crippen LogP contribution in [0.2, 0.25) is 0 Å². The molecule has 0 unspecified atom stereocenters. The van der Waals surface area contributed by atoms with Crippen molar-refractivity contribution in [3.8, 4) is 0 Å². The Morgan fingerprint density at radius 2 is 1.26 bits per heavy atom. The molecule has 1 heterocycles. The summed E-state index contributed by atoms with van der Waals surface area (Å²) < 4.78 is 148. The third-order valence-corrected chi connectivity index (χ3v) is 3.93. The molecule has 0 aromatic carbocycles. The van der Waals surface area contributed by atoms with Crippen molar-refractivity contribution in [2.24, 2.45) is 0 Å². The fourth-order valence-electron chi connectivity index (χ4n) is 2.31. The van der Waals surface area contributed by atoms with Crippen LogP contribution in [0.15, 0.2) is 24.5 Å². The summed E-state index contributed by atoms with van der Waals surface area (Å²) in [6, 6.07) is 2.27. The van der Waals surface area contributed by atoms with E-state index in [1.807, 2.05) is 0 Å². The predicted octanol–water partition coefficient (Wildman–Crippen LogP) is 3.60. The van der Waals surface area contributed by atoms with Crippen LogP contribution >= 0.6 is 0 Å². The van der Waals surface area contributed by atoms with Crippen molar-refractivity contribution < 1.29 is 53.1 Å². The highest BCUT2D eigenvalue weighted by molar-refractivity contribution is 5.88. The van der Waals surface area contributed by atoms with E-state index in [9.17, 15) is 53.1 Å². The quantitative estimate of drug-likeness (QED) is 0.766. The molecular formula is C13H7F11N2O. The van der Waals surface area contributed by atoms with E-state index in [-0.39, 0.29) is 5.56 Å². The first kappa shape index (κ1) is 21.2. The number of amides is 1. The number of halogens is 11. The monoisotopic (exact) mass is 416 g/mol. The molecule has 1 N–H and O–H groups in total. The topological polar surface area (TPSA) is 42.0 Å². The molecule has 0 atom stereocenters. The second kappa shape index (κ2) is 5.67. The van der Waals surface area contributed by atoms with Crippen LogP contribution in [0.5, 0.6) is 0 Å². The molecule has 0 aliphatic heterocycles. The molecule has 27 heavy (non-hydrogen) atoms. The standard InChI is InChI=1S/C13H7F11N2O/c14-8(7(27)26-5-6-2-1-3-25-4-6)9(15,16)11(19,20)13(23,24)12(21,22)10(8,17)18/h1-4H,5H2,(H,26,27). The number of alkyl halides is 11. The van der Waals surface area contributed by atoms with Gasteiger partial charge < -0.3 is 5.32 Å². The summed E-state index contributed by atoms with van der Waals surface area (Å²) in [5.74, 6) is -39.7. The van der Waals surface area contributed by atoms with Crippen molar-refractivity contribution in [3.05, 3.63) is 30.1 Å². The predicted molar refractivity (Wildman–Crippen MR) is 64.7 cm³/mol. The molecule has 1 aliphatic carbocycles. The van der Waals surface area contributed by atoms with E-state index in [0.717, 1.165) is 23.8 Å². The Bertz CT molecular complexity index is 705. The van der Waals surface area contributed by atoms with Crippen molar-refractivity contribution in [2.75, 3.05) is 0 Å². The normalized spacial score (nSPS) is 26.2. The van der Waals surface area contributed by atoms with Crippen LogP contribution in [0.3, 0.4) is 0 Å². The maximum Gasteiger partial charge on any atom is 0.384 e. The molecule has 0 spiro atoms. The minimum atomic E-state index is -7.35. The first-order chi connectivity index (χ1) is 12.0. The highest BCUT2D eigenvalue weighted by atomic mass is 19.4. The van der Waals surface area contributed by atoms with Crippen molar-refractivity contribution >= 4 is 5.91 Å². The highest BCUT2D eigenvalue weighted by Gasteiger charge is 3.02. The zero-order valence-corrected chi connectivity index (χ0v) is 12.5. The molecule has 0 saturated heterocycles. The van der Waals surface area contributed by atoms with Crippen LogP contribution in [0, 0.1) is 0 Å². The largest absolute Gasteiger partial charge is 0.384 e. The van der Waals surface area contributed by atoms with Crippen LogP contribution in [-0.2, 0) is 11.3 Å². The van der Waals surface area contributed by atoms with E-state index in [4.69, 9.17) is 0 Å². The smallest absolute Gasteiger partial charge is 0.349 e. The zero-order valence-electron chi connectivity index (χ0n) is 12.5.